The maximum Gasteiger partial charge on any atom is 0.328 e. The number of halogens is 2. The third-order valence-electron chi connectivity index (χ3n) is 4.80. The van der Waals surface area contributed by atoms with Crippen molar-refractivity contribution in [2.45, 2.75) is 58.4 Å². The second-order valence-electron chi connectivity index (χ2n) is 7.62. The Labute approximate surface area is 162 Å². The maximum atomic E-state index is 13.6. The van der Waals surface area contributed by atoms with Crippen LogP contribution in [0.3, 0.4) is 0 Å². The summed E-state index contributed by atoms with van der Waals surface area (Å²) < 4.78 is 27.1. The molecule has 2 rings (SSSR count). The fraction of sp³-hybridized carbons (Fsp3) is 0.579. The first kappa shape index (κ1) is 21.7. The normalized spacial score (nSPS) is 17.6. The van der Waals surface area contributed by atoms with Crippen molar-refractivity contribution in [2.75, 3.05) is 11.4 Å². The van der Waals surface area contributed by atoms with Crippen LogP contribution in [0.4, 0.5) is 20.3 Å². The van der Waals surface area contributed by atoms with E-state index in [0.29, 0.717) is 17.7 Å². The van der Waals surface area contributed by atoms with Gasteiger partial charge in [0.15, 0.2) is 0 Å². The highest BCUT2D eigenvalue weighted by Crippen LogP contribution is 2.39. The number of aliphatic carboxylic acids is 1. The van der Waals surface area contributed by atoms with Crippen molar-refractivity contribution in [2.24, 2.45) is 5.92 Å². The average Bonchev–Trinajstić information content (AvgIpc) is 2.58. The number of aromatic nitrogens is 1. The lowest BCUT2D eigenvalue weighted by Gasteiger charge is -2.38. The number of hydrogen-bond donors (Lipinski definition) is 1. The van der Waals surface area contributed by atoms with Gasteiger partial charge in [-0.2, -0.15) is 0 Å². The first-order valence-corrected chi connectivity index (χ1v) is 9.20. The lowest BCUT2D eigenvalue weighted by molar-refractivity contribution is -0.384. The molecule has 1 aromatic heterocycles. The van der Waals surface area contributed by atoms with E-state index in [1.807, 2.05) is 13.8 Å². The molecule has 0 atom stereocenters. The SMILES string of the molecule is C/C(=C/C(=O)O)c1cnc(N(CC(C)C)C2CCC(F)(F)CC2)c([N+](=O)[O-])c1. The smallest absolute Gasteiger partial charge is 0.328 e. The summed E-state index contributed by atoms with van der Waals surface area (Å²) in [7, 11) is 0. The molecule has 1 aliphatic carbocycles. The number of pyridine rings is 1. The summed E-state index contributed by atoms with van der Waals surface area (Å²) in [5, 5.41) is 20.6. The number of alkyl halides is 2. The van der Waals surface area contributed by atoms with E-state index in [0.717, 1.165) is 6.08 Å². The Kier molecular flexibility index (Phi) is 6.69. The number of rotatable bonds is 7. The Bertz CT molecular complexity index is 770. The van der Waals surface area contributed by atoms with Gasteiger partial charge in [-0.25, -0.2) is 18.6 Å². The zero-order valence-electron chi connectivity index (χ0n) is 16.2. The van der Waals surface area contributed by atoms with Crippen LogP contribution < -0.4 is 4.90 Å². The molecule has 1 aromatic rings. The number of carboxylic acid groups (broad SMARTS) is 1. The fourth-order valence-corrected chi connectivity index (χ4v) is 3.42. The summed E-state index contributed by atoms with van der Waals surface area (Å²) in [6.45, 7) is 5.88. The molecule has 1 aliphatic rings. The summed E-state index contributed by atoms with van der Waals surface area (Å²) in [6, 6.07) is 1.04. The number of hydrogen-bond acceptors (Lipinski definition) is 5. The molecule has 0 bridgehead atoms. The highest BCUT2D eigenvalue weighted by molar-refractivity contribution is 5.89. The van der Waals surface area contributed by atoms with Crippen molar-refractivity contribution < 1.29 is 23.6 Å². The van der Waals surface area contributed by atoms with Gasteiger partial charge in [0.2, 0.25) is 11.7 Å². The molecule has 1 heterocycles. The zero-order chi connectivity index (χ0) is 21.1. The second kappa shape index (κ2) is 8.62. The van der Waals surface area contributed by atoms with E-state index in [1.54, 1.807) is 4.90 Å². The van der Waals surface area contributed by atoms with E-state index in [9.17, 15) is 23.7 Å². The number of anilines is 1. The van der Waals surface area contributed by atoms with Gasteiger partial charge >= 0.3 is 11.7 Å². The highest BCUT2D eigenvalue weighted by Gasteiger charge is 2.38. The van der Waals surface area contributed by atoms with Crippen LogP contribution in [0.1, 0.15) is 52.0 Å². The molecular weight excluding hydrogens is 372 g/mol. The Hall–Kier alpha value is -2.58. The van der Waals surface area contributed by atoms with Gasteiger partial charge in [-0.05, 0) is 31.3 Å². The standard InChI is InChI=1S/C19H25F2N3O4/c1-12(2)11-23(15-4-6-19(20,21)7-5-15)18-16(24(27)28)9-14(10-22-18)13(3)8-17(25)26/h8-10,12,15H,4-7,11H2,1-3H3,(H,25,26)/b13-8-. The van der Waals surface area contributed by atoms with Crippen LogP contribution in [0.15, 0.2) is 18.3 Å². The molecule has 154 valence electrons. The van der Waals surface area contributed by atoms with E-state index in [4.69, 9.17) is 5.11 Å². The zero-order valence-corrected chi connectivity index (χ0v) is 16.2. The molecule has 0 saturated heterocycles. The molecule has 28 heavy (non-hydrogen) atoms. The third kappa shape index (κ3) is 5.46. The molecule has 1 N–H and O–H groups in total. The molecule has 1 fully saturated rings. The van der Waals surface area contributed by atoms with Crippen molar-refractivity contribution in [3.05, 3.63) is 34.0 Å². The summed E-state index contributed by atoms with van der Waals surface area (Å²) >= 11 is 0. The molecule has 9 heteroatoms. The largest absolute Gasteiger partial charge is 0.478 e. The monoisotopic (exact) mass is 397 g/mol. The molecular formula is C19H25F2N3O4. The molecule has 0 radical (unpaired) electrons. The second-order valence-corrected chi connectivity index (χ2v) is 7.62. The van der Waals surface area contributed by atoms with Gasteiger partial charge in [0.1, 0.15) is 0 Å². The maximum absolute atomic E-state index is 13.6. The topological polar surface area (TPSA) is 96.6 Å². The van der Waals surface area contributed by atoms with Gasteiger partial charge in [-0.15, -0.1) is 0 Å². The number of carbonyl (C=O) groups is 1. The lowest BCUT2D eigenvalue weighted by Crippen LogP contribution is -2.43. The van der Waals surface area contributed by atoms with Crippen molar-refractivity contribution in [1.29, 1.82) is 0 Å². The first-order chi connectivity index (χ1) is 13.0. The Morgan fingerprint density at radius 2 is 2.07 bits per heavy atom. The quantitative estimate of drug-likeness (QED) is 0.413. The number of allylic oxidation sites excluding steroid dienone is 1. The molecule has 1 saturated carbocycles. The van der Waals surface area contributed by atoms with Crippen molar-refractivity contribution in [3.63, 3.8) is 0 Å². The lowest BCUT2D eigenvalue weighted by atomic mass is 9.90. The molecule has 7 nitrogen and oxygen atoms in total. The number of nitro groups is 1. The molecule has 0 unspecified atom stereocenters. The molecule has 0 aromatic carbocycles. The van der Waals surface area contributed by atoms with Crippen LogP contribution in [0.5, 0.6) is 0 Å². The van der Waals surface area contributed by atoms with Crippen molar-refractivity contribution in [3.8, 4) is 0 Å². The van der Waals surface area contributed by atoms with Gasteiger partial charge in [-0.1, -0.05) is 13.8 Å². The minimum absolute atomic E-state index is 0.140. The minimum Gasteiger partial charge on any atom is -0.478 e. The summed E-state index contributed by atoms with van der Waals surface area (Å²) in [6.07, 6.45) is 2.31. The Balaban J connectivity index is 2.44. The van der Waals surface area contributed by atoms with Crippen LogP contribution >= 0.6 is 0 Å². The number of carboxylic acids is 1. The van der Waals surface area contributed by atoms with Gasteiger partial charge < -0.3 is 10.0 Å². The predicted molar refractivity (Wildman–Crippen MR) is 102 cm³/mol. The Morgan fingerprint density at radius 1 is 1.46 bits per heavy atom. The molecule has 0 aliphatic heterocycles. The van der Waals surface area contributed by atoms with E-state index in [1.165, 1.54) is 19.2 Å². The van der Waals surface area contributed by atoms with E-state index in [2.05, 4.69) is 4.98 Å². The minimum atomic E-state index is -2.69. The van der Waals surface area contributed by atoms with E-state index < -0.39 is 16.8 Å². The van der Waals surface area contributed by atoms with Crippen LogP contribution in [0, 0.1) is 16.0 Å². The van der Waals surface area contributed by atoms with Crippen molar-refractivity contribution >= 4 is 23.0 Å². The van der Waals surface area contributed by atoms with E-state index in [-0.39, 0.29) is 49.1 Å². The third-order valence-corrected chi connectivity index (χ3v) is 4.80. The predicted octanol–water partition coefficient (Wildman–Crippen LogP) is 4.52. The highest BCUT2D eigenvalue weighted by atomic mass is 19.3. The first-order valence-electron chi connectivity index (χ1n) is 9.20. The summed E-state index contributed by atoms with van der Waals surface area (Å²) in [5.74, 6) is -3.56. The van der Waals surface area contributed by atoms with Crippen molar-refractivity contribution in [1.82, 2.24) is 4.98 Å². The Morgan fingerprint density at radius 3 is 2.57 bits per heavy atom. The van der Waals surface area contributed by atoms with Gasteiger partial charge in [0.25, 0.3) is 0 Å². The van der Waals surface area contributed by atoms with Crippen LogP contribution in [0.25, 0.3) is 5.57 Å². The summed E-state index contributed by atoms with van der Waals surface area (Å²) in [5.41, 5.74) is 0.411. The van der Waals surface area contributed by atoms with Crippen LogP contribution in [0.2, 0.25) is 0 Å². The van der Waals surface area contributed by atoms with Crippen LogP contribution in [-0.4, -0.2) is 39.5 Å². The van der Waals surface area contributed by atoms with Gasteiger partial charge in [0, 0.05) is 49.3 Å². The number of nitrogens with zero attached hydrogens (tertiary/aromatic N) is 3. The van der Waals surface area contributed by atoms with Crippen LogP contribution in [-0.2, 0) is 4.79 Å². The average molecular weight is 397 g/mol. The fourth-order valence-electron chi connectivity index (χ4n) is 3.42. The summed E-state index contributed by atoms with van der Waals surface area (Å²) in [4.78, 5) is 28.0. The van der Waals surface area contributed by atoms with E-state index >= 15 is 0 Å². The van der Waals surface area contributed by atoms with Gasteiger partial charge in [-0.3, -0.25) is 10.1 Å². The molecule has 0 amide bonds. The van der Waals surface area contributed by atoms with Gasteiger partial charge in [0.05, 0.1) is 4.92 Å². The molecule has 0 spiro atoms.